The van der Waals surface area contributed by atoms with E-state index in [1.807, 2.05) is 12.1 Å². The molecule has 2 atom stereocenters. The van der Waals surface area contributed by atoms with Crippen molar-refractivity contribution >= 4 is 0 Å². The maximum absolute atomic E-state index is 13.6. The highest BCUT2D eigenvalue weighted by Crippen LogP contribution is 2.57. The number of ether oxygens (including phenoxy) is 1. The predicted octanol–water partition coefficient (Wildman–Crippen LogP) is 3.31. The zero-order valence-corrected chi connectivity index (χ0v) is 12.2. The van der Waals surface area contributed by atoms with Crippen molar-refractivity contribution in [3.05, 3.63) is 35.6 Å². The van der Waals surface area contributed by atoms with Gasteiger partial charge in [-0.1, -0.05) is 24.6 Å². The number of rotatable bonds is 6. The van der Waals surface area contributed by atoms with Crippen LogP contribution < -0.4 is 5.32 Å². The number of hydrogen-bond donors (Lipinski definition) is 1. The van der Waals surface area contributed by atoms with Gasteiger partial charge in [0.1, 0.15) is 5.82 Å². The van der Waals surface area contributed by atoms with E-state index in [0.717, 1.165) is 31.6 Å². The third-order valence-corrected chi connectivity index (χ3v) is 5.18. The molecule has 1 aromatic carbocycles. The second kappa shape index (κ2) is 5.82. The lowest BCUT2D eigenvalue weighted by Gasteiger charge is -2.61. The predicted molar refractivity (Wildman–Crippen MR) is 78.2 cm³/mol. The van der Waals surface area contributed by atoms with Crippen molar-refractivity contribution in [2.24, 2.45) is 5.41 Å². The van der Waals surface area contributed by atoms with Gasteiger partial charge in [0.05, 0.1) is 6.10 Å². The van der Waals surface area contributed by atoms with E-state index in [-0.39, 0.29) is 5.82 Å². The quantitative estimate of drug-likeness (QED) is 0.861. The molecule has 1 N–H and O–H groups in total. The third kappa shape index (κ3) is 2.38. The molecular formula is C17H24FNO. The van der Waals surface area contributed by atoms with Crippen molar-refractivity contribution < 1.29 is 9.13 Å². The average molecular weight is 277 g/mol. The molecule has 2 saturated carbocycles. The van der Waals surface area contributed by atoms with Crippen molar-refractivity contribution in [1.82, 2.24) is 5.32 Å². The summed E-state index contributed by atoms with van der Waals surface area (Å²) in [5.74, 6) is -0.0894. The molecule has 0 amide bonds. The van der Waals surface area contributed by atoms with Crippen LogP contribution in [0.15, 0.2) is 24.3 Å². The Morgan fingerprint density at radius 1 is 1.35 bits per heavy atom. The Hall–Kier alpha value is -0.930. The molecule has 2 fully saturated rings. The van der Waals surface area contributed by atoms with Crippen LogP contribution in [-0.2, 0) is 11.2 Å². The molecule has 0 aromatic heterocycles. The van der Waals surface area contributed by atoms with Gasteiger partial charge in [0.2, 0.25) is 0 Å². The SMILES string of the molecule is CCOC1CC(NCCc2ccccc2F)C12CCC2. The van der Waals surface area contributed by atoms with Gasteiger partial charge in [-0.05, 0) is 50.8 Å². The van der Waals surface area contributed by atoms with Crippen LogP contribution in [0.25, 0.3) is 0 Å². The summed E-state index contributed by atoms with van der Waals surface area (Å²) in [6.45, 7) is 3.74. The summed E-state index contributed by atoms with van der Waals surface area (Å²) in [7, 11) is 0. The van der Waals surface area contributed by atoms with Crippen molar-refractivity contribution in [2.75, 3.05) is 13.2 Å². The molecule has 20 heavy (non-hydrogen) atoms. The highest BCUT2D eigenvalue weighted by Gasteiger charge is 2.58. The molecule has 3 heteroatoms. The fraction of sp³-hybridized carbons (Fsp3) is 0.647. The lowest BCUT2D eigenvalue weighted by Crippen LogP contribution is -2.67. The molecular weight excluding hydrogens is 253 g/mol. The van der Waals surface area contributed by atoms with E-state index in [9.17, 15) is 4.39 Å². The Labute approximate surface area is 120 Å². The summed E-state index contributed by atoms with van der Waals surface area (Å²) in [5, 5.41) is 3.63. The fourth-order valence-electron chi connectivity index (χ4n) is 3.81. The third-order valence-electron chi connectivity index (χ3n) is 5.18. The normalized spacial score (nSPS) is 27.1. The zero-order valence-electron chi connectivity index (χ0n) is 12.2. The summed E-state index contributed by atoms with van der Waals surface area (Å²) in [6, 6.07) is 7.63. The van der Waals surface area contributed by atoms with Gasteiger partial charge in [0.15, 0.2) is 0 Å². The number of hydrogen-bond acceptors (Lipinski definition) is 2. The molecule has 1 spiro atoms. The molecule has 0 bridgehead atoms. The Bertz CT molecular complexity index is 458. The average Bonchev–Trinajstić information content (AvgIpc) is 2.37. The molecule has 2 nitrogen and oxygen atoms in total. The molecule has 2 aliphatic carbocycles. The molecule has 3 rings (SSSR count). The van der Waals surface area contributed by atoms with Crippen LogP contribution in [0.5, 0.6) is 0 Å². The second-order valence-corrected chi connectivity index (χ2v) is 6.11. The second-order valence-electron chi connectivity index (χ2n) is 6.11. The summed E-state index contributed by atoms with van der Waals surface area (Å²) >= 11 is 0. The lowest BCUT2D eigenvalue weighted by atomic mass is 9.51. The maximum Gasteiger partial charge on any atom is 0.126 e. The van der Waals surface area contributed by atoms with Crippen molar-refractivity contribution in [1.29, 1.82) is 0 Å². The molecule has 2 unspecified atom stereocenters. The van der Waals surface area contributed by atoms with E-state index in [4.69, 9.17) is 4.74 Å². The van der Waals surface area contributed by atoms with Crippen LogP contribution >= 0.6 is 0 Å². The smallest absolute Gasteiger partial charge is 0.126 e. The van der Waals surface area contributed by atoms with Gasteiger partial charge in [0.25, 0.3) is 0 Å². The van der Waals surface area contributed by atoms with Crippen LogP contribution in [0.3, 0.4) is 0 Å². The van der Waals surface area contributed by atoms with Gasteiger partial charge in [0, 0.05) is 18.1 Å². The summed E-state index contributed by atoms with van der Waals surface area (Å²) in [6.07, 6.45) is 6.23. The van der Waals surface area contributed by atoms with E-state index in [0.29, 0.717) is 17.6 Å². The van der Waals surface area contributed by atoms with Gasteiger partial charge in [-0.15, -0.1) is 0 Å². The molecule has 110 valence electrons. The van der Waals surface area contributed by atoms with Crippen molar-refractivity contribution in [3.8, 4) is 0 Å². The Balaban J connectivity index is 1.49. The number of halogens is 1. The van der Waals surface area contributed by atoms with Crippen LogP contribution in [0.2, 0.25) is 0 Å². The molecule has 0 heterocycles. The van der Waals surface area contributed by atoms with Crippen LogP contribution in [0.4, 0.5) is 4.39 Å². The van der Waals surface area contributed by atoms with E-state index in [1.165, 1.54) is 25.3 Å². The zero-order chi connectivity index (χ0) is 14.0. The van der Waals surface area contributed by atoms with Gasteiger partial charge < -0.3 is 10.1 Å². The topological polar surface area (TPSA) is 21.3 Å². The van der Waals surface area contributed by atoms with Crippen LogP contribution in [0.1, 0.15) is 38.2 Å². The first-order valence-electron chi connectivity index (χ1n) is 7.84. The Kier molecular flexibility index (Phi) is 4.08. The van der Waals surface area contributed by atoms with Gasteiger partial charge in [-0.2, -0.15) is 0 Å². The molecule has 2 aliphatic rings. The van der Waals surface area contributed by atoms with Crippen LogP contribution in [0, 0.1) is 11.2 Å². The molecule has 0 saturated heterocycles. The van der Waals surface area contributed by atoms with Gasteiger partial charge >= 0.3 is 0 Å². The standard InChI is InChI=1S/C17H24FNO/c1-2-20-16-12-15(17(16)9-5-10-17)19-11-8-13-6-3-4-7-14(13)18/h3-4,6-7,15-16,19H,2,5,8-12H2,1H3. The van der Waals surface area contributed by atoms with E-state index in [2.05, 4.69) is 12.2 Å². The molecule has 0 radical (unpaired) electrons. The lowest BCUT2D eigenvalue weighted by molar-refractivity contribution is -0.172. The van der Waals surface area contributed by atoms with Gasteiger partial charge in [-0.3, -0.25) is 0 Å². The first-order valence-corrected chi connectivity index (χ1v) is 7.84. The van der Waals surface area contributed by atoms with E-state index in [1.54, 1.807) is 6.07 Å². The summed E-state index contributed by atoms with van der Waals surface area (Å²) in [4.78, 5) is 0. The van der Waals surface area contributed by atoms with E-state index < -0.39 is 0 Å². The van der Waals surface area contributed by atoms with E-state index >= 15 is 0 Å². The fourth-order valence-corrected chi connectivity index (χ4v) is 3.81. The first kappa shape index (κ1) is 14.0. The minimum atomic E-state index is -0.0894. The minimum absolute atomic E-state index is 0.0894. The number of nitrogens with one attached hydrogen (secondary N) is 1. The number of benzene rings is 1. The highest BCUT2D eigenvalue weighted by atomic mass is 19.1. The maximum atomic E-state index is 13.6. The minimum Gasteiger partial charge on any atom is -0.378 e. The highest BCUT2D eigenvalue weighted by molar-refractivity contribution is 5.18. The summed E-state index contributed by atoms with van der Waals surface area (Å²) < 4.78 is 19.4. The monoisotopic (exact) mass is 277 g/mol. The molecule has 0 aliphatic heterocycles. The largest absolute Gasteiger partial charge is 0.378 e. The Morgan fingerprint density at radius 3 is 2.80 bits per heavy atom. The molecule has 1 aromatic rings. The van der Waals surface area contributed by atoms with Crippen molar-refractivity contribution in [2.45, 2.75) is 51.2 Å². The van der Waals surface area contributed by atoms with Gasteiger partial charge in [-0.25, -0.2) is 4.39 Å². The first-order chi connectivity index (χ1) is 9.76. The van der Waals surface area contributed by atoms with Crippen LogP contribution in [-0.4, -0.2) is 25.3 Å². The Morgan fingerprint density at radius 2 is 2.15 bits per heavy atom. The summed E-state index contributed by atoms with van der Waals surface area (Å²) in [5.41, 5.74) is 1.20. The van der Waals surface area contributed by atoms with Crippen molar-refractivity contribution in [3.63, 3.8) is 0 Å².